The van der Waals surface area contributed by atoms with Crippen molar-refractivity contribution in [3.8, 4) is 0 Å². The van der Waals surface area contributed by atoms with Gasteiger partial charge in [-0.1, -0.05) is 50.1 Å². The Hall–Kier alpha value is -0.250. The SMILES string of the molecule is CC[C@@H](OP1(=S)N(C)[C@@H]2CCCC[C@H]2N1C)c1ccccc1. The molecular weight excluding hydrogens is 311 g/mol. The first-order chi connectivity index (χ1) is 10.6. The normalized spacial score (nSPS) is 30.1. The number of fused-ring (bicyclic) bond motifs is 1. The first-order valence-electron chi connectivity index (χ1n) is 8.38. The van der Waals surface area contributed by atoms with Gasteiger partial charge in [-0.3, -0.25) is 0 Å². The van der Waals surface area contributed by atoms with Crippen molar-refractivity contribution in [3.05, 3.63) is 35.9 Å². The molecule has 0 radical (unpaired) electrons. The molecule has 1 aromatic carbocycles. The van der Waals surface area contributed by atoms with Crippen molar-refractivity contribution >= 4 is 18.4 Å². The number of hydrogen-bond donors (Lipinski definition) is 0. The van der Waals surface area contributed by atoms with Crippen LogP contribution in [0.1, 0.15) is 50.7 Å². The van der Waals surface area contributed by atoms with E-state index in [2.05, 4.69) is 60.7 Å². The van der Waals surface area contributed by atoms with Gasteiger partial charge in [-0.2, -0.15) is 0 Å². The molecule has 3 nitrogen and oxygen atoms in total. The van der Waals surface area contributed by atoms with Crippen LogP contribution >= 0.6 is 6.57 Å². The minimum absolute atomic E-state index is 0.0945. The molecule has 3 atom stereocenters. The summed E-state index contributed by atoms with van der Waals surface area (Å²) in [5.74, 6) is 0. The molecule has 5 heteroatoms. The lowest BCUT2D eigenvalue weighted by atomic mass is 9.91. The van der Waals surface area contributed by atoms with Crippen LogP contribution in [0.2, 0.25) is 0 Å². The molecule has 122 valence electrons. The van der Waals surface area contributed by atoms with Crippen LogP contribution in [0, 0.1) is 0 Å². The Kier molecular flexibility index (Phi) is 5.06. The third kappa shape index (κ3) is 2.81. The largest absolute Gasteiger partial charge is 0.319 e. The van der Waals surface area contributed by atoms with Crippen molar-refractivity contribution in [2.45, 2.75) is 57.2 Å². The van der Waals surface area contributed by atoms with Crippen molar-refractivity contribution < 1.29 is 4.52 Å². The molecule has 2 fully saturated rings. The minimum atomic E-state index is -2.10. The predicted octanol–water partition coefficient (Wildman–Crippen LogP) is 4.57. The standard InChI is InChI=1S/C17H27N2OPS/c1-4-17(14-10-6-5-7-11-14)20-21(22)18(2)15-12-8-9-13-16(15)19(21)3/h5-7,10-11,15-17H,4,8-9,12-13H2,1-3H3/t15-,16-,17-/m1/s1. The fourth-order valence-corrected chi connectivity index (χ4v) is 7.59. The minimum Gasteiger partial charge on any atom is -0.319 e. The highest BCUT2D eigenvalue weighted by atomic mass is 32.5. The van der Waals surface area contributed by atoms with E-state index in [4.69, 9.17) is 16.3 Å². The second-order valence-corrected chi connectivity index (χ2v) is 10.4. The molecule has 1 saturated carbocycles. The molecule has 22 heavy (non-hydrogen) atoms. The highest BCUT2D eigenvalue weighted by Gasteiger charge is 2.50. The van der Waals surface area contributed by atoms with Gasteiger partial charge in [0.2, 0.25) is 6.57 Å². The van der Waals surface area contributed by atoms with Gasteiger partial charge < -0.3 is 4.52 Å². The van der Waals surface area contributed by atoms with Crippen molar-refractivity contribution in [1.82, 2.24) is 9.34 Å². The Morgan fingerprint density at radius 2 is 1.68 bits per heavy atom. The molecule has 0 aromatic heterocycles. The van der Waals surface area contributed by atoms with Gasteiger partial charge in [0.15, 0.2) is 0 Å². The molecule has 0 bridgehead atoms. The quantitative estimate of drug-likeness (QED) is 0.747. The highest BCUT2D eigenvalue weighted by molar-refractivity contribution is 8.10. The van der Waals surface area contributed by atoms with Gasteiger partial charge in [-0.15, -0.1) is 0 Å². The fraction of sp³-hybridized carbons (Fsp3) is 0.647. The molecule has 1 aliphatic carbocycles. The Morgan fingerprint density at radius 1 is 1.14 bits per heavy atom. The molecule has 1 heterocycles. The van der Waals surface area contributed by atoms with Gasteiger partial charge in [-0.05, 0) is 50.7 Å². The van der Waals surface area contributed by atoms with Crippen LogP contribution in [0.4, 0.5) is 0 Å². The third-order valence-corrected chi connectivity index (χ3v) is 9.78. The Morgan fingerprint density at radius 3 is 2.18 bits per heavy atom. The first-order valence-corrected chi connectivity index (χ1v) is 11.0. The number of likely N-dealkylation sites (N-methyl/N-ethyl adjacent to an activating group) is 2. The molecule has 1 aromatic rings. The van der Waals surface area contributed by atoms with Crippen LogP contribution in [0.5, 0.6) is 0 Å². The summed E-state index contributed by atoms with van der Waals surface area (Å²) in [4.78, 5) is 0. The van der Waals surface area contributed by atoms with Crippen LogP contribution in [0.25, 0.3) is 0 Å². The molecular formula is C17H27N2OPS. The molecule has 0 spiro atoms. The van der Waals surface area contributed by atoms with Gasteiger partial charge in [0.05, 0.1) is 6.10 Å². The number of nitrogens with zero attached hydrogens (tertiary/aromatic N) is 2. The topological polar surface area (TPSA) is 15.7 Å². The zero-order chi connectivity index (χ0) is 15.7. The van der Waals surface area contributed by atoms with Crippen molar-refractivity contribution in [2.75, 3.05) is 14.1 Å². The summed E-state index contributed by atoms with van der Waals surface area (Å²) >= 11 is 6.11. The van der Waals surface area contributed by atoms with E-state index < -0.39 is 6.57 Å². The van der Waals surface area contributed by atoms with Gasteiger partial charge in [0.1, 0.15) is 0 Å². The highest BCUT2D eigenvalue weighted by Crippen LogP contribution is 2.64. The lowest BCUT2D eigenvalue weighted by Gasteiger charge is -2.34. The zero-order valence-corrected chi connectivity index (χ0v) is 15.5. The molecule has 2 aliphatic rings. The molecule has 0 unspecified atom stereocenters. The molecule has 0 amide bonds. The van der Waals surface area contributed by atoms with Gasteiger partial charge in [0.25, 0.3) is 0 Å². The summed E-state index contributed by atoms with van der Waals surface area (Å²) in [5, 5.41) is 0. The average molecular weight is 338 g/mol. The predicted molar refractivity (Wildman–Crippen MR) is 96.4 cm³/mol. The van der Waals surface area contributed by atoms with Gasteiger partial charge in [0, 0.05) is 12.1 Å². The Bertz CT molecular complexity index is 531. The molecule has 1 saturated heterocycles. The van der Waals surface area contributed by atoms with E-state index in [9.17, 15) is 0 Å². The molecule has 3 rings (SSSR count). The van der Waals surface area contributed by atoms with Crippen molar-refractivity contribution in [2.24, 2.45) is 0 Å². The number of hydrogen-bond acceptors (Lipinski definition) is 2. The second kappa shape index (κ2) is 6.70. The van der Waals surface area contributed by atoms with Gasteiger partial charge >= 0.3 is 0 Å². The van der Waals surface area contributed by atoms with E-state index in [1.807, 2.05) is 0 Å². The Balaban J connectivity index is 1.84. The second-order valence-electron chi connectivity index (χ2n) is 6.47. The average Bonchev–Trinajstić information content (AvgIpc) is 2.76. The maximum atomic E-state index is 6.63. The van der Waals surface area contributed by atoms with Crippen LogP contribution in [0.15, 0.2) is 30.3 Å². The van der Waals surface area contributed by atoms with Crippen molar-refractivity contribution in [3.63, 3.8) is 0 Å². The summed E-state index contributed by atoms with van der Waals surface area (Å²) in [6.45, 7) is 0.0873. The Labute approximate surface area is 139 Å². The third-order valence-electron chi connectivity index (χ3n) is 5.26. The van der Waals surface area contributed by atoms with Crippen LogP contribution < -0.4 is 0 Å². The summed E-state index contributed by atoms with van der Waals surface area (Å²) in [7, 11) is 4.37. The summed E-state index contributed by atoms with van der Waals surface area (Å²) in [5.41, 5.74) is 1.24. The van der Waals surface area contributed by atoms with E-state index in [0.717, 1.165) is 6.42 Å². The first kappa shape index (κ1) is 16.6. The summed E-state index contributed by atoms with van der Waals surface area (Å²) in [6, 6.07) is 11.7. The lowest BCUT2D eigenvalue weighted by Crippen LogP contribution is -2.37. The molecule has 0 N–H and O–H groups in total. The van der Waals surface area contributed by atoms with E-state index in [-0.39, 0.29) is 6.10 Å². The van der Waals surface area contributed by atoms with Crippen LogP contribution in [-0.2, 0) is 16.3 Å². The van der Waals surface area contributed by atoms with E-state index in [1.165, 1.54) is 31.2 Å². The zero-order valence-electron chi connectivity index (χ0n) is 13.8. The maximum absolute atomic E-state index is 6.63. The smallest absolute Gasteiger partial charge is 0.204 e. The van der Waals surface area contributed by atoms with Crippen LogP contribution in [0.3, 0.4) is 0 Å². The summed E-state index contributed by atoms with van der Waals surface area (Å²) in [6.07, 6.45) is 6.22. The van der Waals surface area contributed by atoms with Crippen LogP contribution in [-0.4, -0.2) is 35.5 Å². The lowest BCUT2D eigenvalue weighted by molar-refractivity contribution is 0.197. The summed E-state index contributed by atoms with van der Waals surface area (Å²) < 4.78 is 11.4. The van der Waals surface area contributed by atoms with E-state index in [0.29, 0.717) is 12.1 Å². The number of rotatable bonds is 4. The van der Waals surface area contributed by atoms with E-state index >= 15 is 0 Å². The monoisotopic (exact) mass is 338 g/mol. The fourth-order valence-electron chi connectivity index (χ4n) is 3.91. The van der Waals surface area contributed by atoms with Crippen molar-refractivity contribution in [1.29, 1.82) is 0 Å². The maximum Gasteiger partial charge on any atom is 0.204 e. The van der Waals surface area contributed by atoms with Gasteiger partial charge in [-0.25, -0.2) is 9.34 Å². The number of benzene rings is 1. The molecule has 1 aliphatic heterocycles. The van der Waals surface area contributed by atoms with E-state index in [1.54, 1.807) is 0 Å².